The van der Waals surface area contributed by atoms with Gasteiger partial charge in [-0.3, -0.25) is 9.21 Å². The summed E-state index contributed by atoms with van der Waals surface area (Å²) in [4.78, 5) is 18.6. The highest BCUT2D eigenvalue weighted by molar-refractivity contribution is 7.78. The predicted octanol–water partition coefficient (Wildman–Crippen LogP) is 5.36. The molecule has 0 bridgehead atoms. The first kappa shape index (κ1) is 22.7. The standard InChI is InChI=1S/C26H34N4OS/c1-19(17-20-18-27-24-12-8-7-11-23(20)24)28-25(31)30(32)22-13-15-26(16-14-22,29(2)3)21-9-5-4-6-10-21/h4-12,18-19,22,27,32H,13-17H2,1-3H3,(H,28,31). The second-order valence-corrected chi connectivity index (χ2v) is 9.71. The molecule has 2 aromatic carbocycles. The quantitative estimate of drug-likeness (QED) is 0.443. The summed E-state index contributed by atoms with van der Waals surface area (Å²) >= 11 is 4.61. The molecule has 1 atom stereocenters. The molecule has 1 aliphatic carbocycles. The molecule has 2 N–H and O–H groups in total. The van der Waals surface area contributed by atoms with E-state index in [2.05, 4.69) is 91.5 Å². The van der Waals surface area contributed by atoms with Gasteiger partial charge in [0.05, 0.1) is 0 Å². The van der Waals surface area contributed by atoms with E-state index in [0.717, 1.165) is 37.6 Å². The lowest BCUT2D eigenvalue weighted by atomic mass is 9.74. The number of fused-ring (bicyclic) bond motifs is 1. The predicted molar refractivity (Wildman–Crippen MR) is 135 cm³/mol. The topological polar surface area (TPSA) is 51.4 Å². The number of nitrogens with zero attached hydrogens (tertiary/aromatic N) is 2. The van der Waals surface area contributed by atoms with Crippen LogP contribution in [0.3, 0.4) is 0 Å². The van der Waals surface area contributed by atoms with Crippen LogP contribution in [0.1, 0.15) is 43.7 Å². The highest BCUT2D eigenvalue weighted by Gasteiger charge is 2.40. The number of urea groups is 1. The minimum Gasteiger partial charge on any atom is -0.361 e. The molecule has 1 saturated carbocycles. The van der Waals surface area contributed by atoms with E-state index in [-0.39, 0.29) is 23.7 Å². The van der Waals surface area contributed by atoms with Gasteiger partial charge in [0, 0.05) is 34.7 Å². The van der Waals surface area contributed by atoms with Crippen molar-refractivity contribution in [3.63, 3.8) is 0 Å². The van der Waals surface area contributed by atoms with Gasteiger partial charge in [-0.05, 0) is 70.3 Å². The second kappa shape index (κ2) is 9.59. The summed E-state index contributed by atoms with van der Waals surface area (Å²) in [5, 5.41) is 4.35. The van der Waals surface area contributed by atoms with Crippen LogP contribution in [0.15, 0.2) is 60.8 Å². The zero-order valence-corrected chi connectivity index (χ0v) is 20.1. The first-order valence-corrected chi connectivity index (χ1v) is 11.9. The third kappa shape index (κ3) is 4.52. The van der Waals surface area contributed by atoms with Crippen LogP contribution in [0.2, 0.25) is 0 Å². The Morgan fingerprint density at radius 1 is 1.12 bits per heavy atom. The summed E-state index contributed by atoms with van der Waals surface area (Å²) in [6.45, 7) is 2.05. The number of nitrogens with one attached hydrogen (secondary N) is 2. The van der Waals surface area contributed by atoms with Crippen molar-refractivity contribution in [1.29, 1.82) is 0 Å². The number of carbonyl (C=O) groups is 1. The molecular weight excluding hydrogens is 416 g/mol. The maximum absolute atomic E-state index is 12.9. The number of benzene rings is 2. The molecular formula is C26H34N4OS. The van der Waals surface area contributed by atoms with Gasteiger partial charge in [-0.1, -0.05) is 61.3 Å². The number of hydrogen-bond acceptors (Lipinski definition) is 3. The van der Waals surface area contributed by atoms with Gasteiger partial charge in [-0.2, -0.15) is 0 Å². The summed E-state index contributed by atoms with van der Waals surface area (Å²) in [5.74, 6) is 0. The number of para-hydroxylation sites is 1. The Kier molecular flexibility index (Phi) is 6.82. The summed E-state index contributed by atoms with van der Waals surface area (Å²) in [7, 11) is 4.32. The largest absolute Gasteiger partial charge is 0.361 e. The minimum absolute atomic E-state index is 0.0186. The lowest BCUT2D eigenvalue weighted by Crippen LogP contribution is -2.50. The third-order valence-corrected chi connectivity index (χ3v) is 7.58. The van der Waals surface area contributed by atoms with E-state index in [1.165, 1.54) is 16.5 Å². The van der Waals surface area contributed by atoms with Crippen molar-refractivity contribution in [2.45, 2.75) is 56.7 Å². The van der Waals surface area contributed by atoms with Crippen LogP contribution in [-0.2, 0) is 12.0 Å². The molecule has 1 aliphatic rings. The minimum atomic E-state index is -0.109. The van der Waals surface area contributed by atoms with E-state index >= 15 is 0 Å². The van der Waals surface area contributed by atoms with Gasteiger partial charge in [-0.15, -0.1) is 0 Å². The molecule has 170 valence electrons. The van der Waals surface area contributed by atoms with Gasteiger partial charge in [-0.25, -0.2) is 4.79 Å². The van der Waals surface area contributed by atoms with Crippen LogP contribution in [0.25, 0.3) is 10.9 Å². The first-order valence-electron chi connectivity index (χ1n) is 11.5. The highest BCUT2D eigenvalue weighted by Crippen LogP contribution is 2.42. The number of amides is 2. The summed E-state index contributed by atoms with van der Waals surface area (Å²) < 4.78 is 1.62. The zero-order valence-electron chi connectivity index (χ0n) is 19.2. The molecule has 0 spiro atoms. The van der Waals surface area contributed by atoms with Crippen LogP contribution >= 0.6 is 12.8 Å². The number of hydrogen-bond donors (Lipinski definition) is 3. The van der Waals surface area contributed by atoms with Crippen molar-refractivity contribution in [3.8, 4) is 0 Å². The van der Waals surface area contributed by atoms with E-state index < -0.39 is 0 Å². The fourth-order valence-corrected chi connectivity index (χ4v) is 5.48. The van der Waals surface area contributed by atoms with E-state index in [0.29, 0.717) is 0 Å². The van der Waals surface area contributed by atoms with E-state index in [4.69, 9.17) is 0 Å². The summed E-state index contributed by atoms with van der Waals surface area (Å²) in [5.41, 5.74) is 3.72. The number of H-pyrrole nitrogens is 1. The SMILES string of the molecule is CC(Cc1c[nH]c2ccccc12)NC(=O)N(S)C1CCC(c2ccccc2)(N(C)C)CC1. The van der Waals surface area contributed by atoms with Crippen molar-refractivity contribution in [1.82, 2.24) is 19.5 Å². The molecule has 5 nitrogen and oxygen atoms in total. The molecule has 1 unspecified atom stereocenters. The van der Waals surface area contributed by atoms with Gasteiger partial charge in [0.2, 0.25) is 0 Å². The van der Waals surface area contributed by atoms with Gasteiger partial charge in [0.1, 0.15) is 0 Å². The lowest BCUT2D eigenvalue weighted by molar-refractivity contribution is 0.0764. The summed E-state index contributed by atoms with van der Waals surface area (Å²) in [6, 6.07) is 19.0. The zero-order chi connectivity index (χ0) is 22.7. The molecule has 6 heteroatoms. The molecule has 0 aliphatic heterocycles. The van der Waals surface area contributed by atoms with Crippen LogP contribution in [-0.4, -0.2) is 46.4 Å². The smallest absolute Gasteiger partial charge is 0.327 e. The molecule has 1 aromatic heterocycles. The highest BCUT2D eigenvalue weighted by atomic mass is 32.1. The van der Waals surface area contributed by atoms with Crippen LogP contribution in [0.4, 0.5) is 4.79 Å². The lowest BCUT2D eigenvalue weighted by Gasteiger charge is -2.46. The number of carbonyl (C=O) groups excluding carboxylic acids is 1. The van der Waals surface area contributed by atoms with Gasteiger partial charge in [0.15, 0.2) is 0 Å². The maximum atomic E-state index is 12.9. The van der Waals surface area contributed by atoms with Crippen LogP contribution in [0.5, 0.6) is 0 Å². The third-order valence-electron chi connectivity index (χ3n) is 7.07. The fourth-order valence-electron chi connectivity index (χ4n) is 5.19. The molecule has 4 rings (SSSR count). The Hall–Kier alpha value is -2.44. The van der Waals surface area contributed by atoms with Crippen molar-refractivity contribution in [2.24, 2.45) is 0 Å². The summed E-state index contributed by atoms with van der Waals surface area (Å²) in [6.07, 6.45) is 6.69. The van der Waals surface area contributed by atoms with Crippen LogP contribution < -0.4 is 5.32 Å². The number of thiol groups is 1. The Labute approximate surface area is 196 Å². The molecule has 1 heterocycles. The first-order chi connectivity index (χ1) is 15.4. The van der Waals surface area contributed by atoms with Gasteiger partial charge < -0.3 is 10.3 Å². The van der Waals surface area contributed by atoms with Crippen LogP contribution in [0, 0.1) is 0 Å². The van der Waals surface area contributed by atoms with E-state index in [1.807, 2.05) is 18.3 Å². The van der Waals surface area contributed by atoms with Crippen molar-refractivity contribution in [3.05, 3.63) is 71.9 Å². The number of aromatic nitrogens is 1. The fraction of sp³-hybridized carbons (Fsp3) is 0.423. The van der Waals surface area contributed by atoms with Gasteiger partial charge in [0.25, 0.3) is 0 Å². The average Bonchev–Trinajstić information content (AvgIpc) is 3.21. The van der Waals surface area contributed by atoms with Gasteiger partial charge >= 0.3 is 6.03 Å². The van der Waals surface area contributed by atoms with Crippen molar-refractivity contribution >= 4 is 29.7 Å². The molecule has 2 amide bonds. The Balaban J connectivity index is 1.35. The molecule has 3 aromatic rings. The number of aromatic amines is 1. The molecule has 32 heavy (non-hydrogen) atoms. The second-order valence-electron chi connectivity index (χ2n) is 9.28. The maximum Gasteiger partial charge on any atom is 0.327 e. The number of rotatable bonds is 6. The Bertz CT molecular complexity index is 1040. The molecule has 0 radical (unpaired) electrons. The van der Waals surface area contributed by atoms with E-state index in [1.54, 1.807) is 4.31 Å². The average molecular weight is 451 g/mol. The molecule has 0 saturated heterocycles. The van der Waals surface area contributed by atoms with E-state index in [9.17, 15) is 4.79 Å². The Morgan fingerprint density at radius 2 is 1.78 bits per heavy atom. The Morgan fingerprint density at radius 3 is 2.47 bits per heavy atom. The molecule has 1 fully saturated rings. The van der Waals surface area contributed by atoms with Crippen molar-refractivity contribution < 1.29 is 4.79 Å². The normalized spacial score (nSPS) is 22.1. The van der Waals surface area contributed by atoms with Crippen molar-refractivity contribution in [2.75, 3.05) is 14.1 Å². The monoisotopic (exact) mass is 450 g/mol.